The highest BCUT2D eigenvalue weighted by Crippen LogP contribution is 2.37. The van der Waals surface area contributed by atoms with Crippen LogP contribution in [-0.4, -0.2) is 35.5 Å². The summed E-state index contributed by atoms with van der Waals surface area (Å²) in [7, 11) is -0.506. The fourth-order valence-electron chi connectivity index (χ4n) is 3.09. The van der Waals surface area contributed by atoms with E-state index in [0.29, 0.717) is 23.1 Å². The van der Waals surface area contributed by atoms with E-state index in [9.17, 15) is 9.59 Å². The van der Waals surface area contributed by atoms with E-state index in [-0.39, 0.29) is 11.6 Å². The molecule has 1 saturated heterocycles. The van der Waals surface area contributed by atoms with E-state index < -0.39 is 18.3 Å². The Morgan fingerprint density at radius 1 is 1.14 bits per heavy atom. The smallest absolute Gasteiger partial charge is 0.399 e. The van der Waals surface area contributed by atoms with Gasteiger partial charge in [-0.2, -0.15) is 0 Å². The molecule has 0 atom stereocenters. The maximum absolute atomic E-state index is 12.7. The molecule has 28 heavy (non-hydrogen) atoms. The molecule has 2 heterocycles. The molecule has 7 heteroatoms. The van der Waals surface area contributed by atoms with E-state index in [2.05, 4.69) is 10.3 Å². The van der Waals surface area contributed by atoms with Crippen LogP contribution in [0.15, 0.2) is 30.5 Å². The second-order valence-corrected chi connectivity index (χ2v) is 8.11. The van der Waals surface area contributed by atoms with Crippen molar-refractivity contribution >= 4 is 30.5 Å². The summed E-state index contributed by atoms with van der Waals surface area (Å²) >= 11 is 0. The molecule has 146 valence electrons. The first-order valence-electron chi connectivity index (χ1n) is 9.24. The molecule has 0 spiro atoms. The summed E-state index contributed by atoms with van der Waals surface area (Å²) in [5, 5.41) is 2.91. The van der Waals surface area contributed by atoms with Crippen molar-refractivity contribution < 1.29 is 18.9 Å². The molecule has 0 radical (unpaired) electrons. The Kier molecular flexibility index (Phi) is 5.17. The largest absolute Gasteiger partial charge is 0.495 e. The van der Waals surface area contributed by atoms with E-state index in [1.54, 1.807) is 13.0 Å². The summed E-state index contributed by atoms with van der Waals surface area (Å²) in [5.41, 5.74) is 2.89. The summed E-state index contributed by atoms with van der Waals surface area (Å²) < 4.78 is 12.3. The van der Waals surface area contributed by atoms with Crippen molar-refractivity contribution in [3.05, 3.63) is 52.8 Å². The zero-order valence-electron chi connectivity index (χ0n) is 17.1. The Morgan fingerprint density at radius 3 is 2.36 bits per heavy atom. The van der Waals surface area contributed by atoms with Crippen LogP contribution < -0.4 is 10.8 Å². The maximum atomic E-state index is 12.7. The van der Waals surface area contributed by atoms with Crippen LogP contribution in [0.2, 0.25) is 0 Å². The van der Waals surface area contributed by atoms with Crippen molar-refractivity contribution in [3.63, 3.8) is 0 Å². The molecular weight excluding hydrogens is 355 g/mol. The van der Waals surface area contributed by atoms with Gasteiger partial charge in [-0.3, -0.25) is 14.6 Å². The molecule has 1 aliphatic rings. The summed E-state index contributed by atoms with van der Waals surface area (Å²) in [6, 6.07) is 7.27. The third kappa shape index (κ3) is 3.60. The van der Waals surface area contributed by atoms with E-state index in [1.165, 1.54) is 6.20 Å². The number of anilines is 1. The summed E-state index contributed by atoms with van der Waals surface area (Å²) in [6.07, 6.45) is 2.10. The number of nitrogens with one attached hydrogen (secondary N) is 1. The first kappa shape index (κ1) is 20.2. The lowest BCUT2D eigenvalue weighted by Gasteiger charge is -2.32. The average molecular weight is 380 g/mol. The molecule has 0 unspecified atom stereocenters. The second kappa shape index (κ2) is 7.15. The molecule has 1 fully saturated rings. The van der Waals surface area contributed by atoms with Crippen LogP contribution in [0.1, 0.15) is 59.7 Å². The summed E-state index contributed by atoms with van der Waals surface area (Å²) in [4.78, 5) is 27.7. The highest BCUT2D eigenvalue weighted by molar-refractivity contribution is 6.62. The van der Waals surface area contributed by atoms with E-state index in [1.807, 2.05) is 52.8 Å². The van der Waals surface area contributed by atoms with Gasteiger partial charge in [-0.25, -0.2) is 0 Å². The normalized spacial score (nSPS) is 17.4. The number of hydrogen-bond acceptors (Lipinski definition) is 5. The second-order valence-electron chi connectivity index (χ2n) is 8.11. The predicted molar refractivity (Wildman–Crippen MR) is 109 cm³/mol. The summed E-state index contributed by atoms with van der Waals surface area (Å²) in [5.74, 6) is -0.330. The number of aromatic nitrogens is 1. The van der Waals surface area contributed by atoms with Crippen LogP contribution >= 0.6 is 0 Å². The first-order valence-corrected chi connectivity index (χ1v) is 9.24. The van der Waals surface area contributed by atoms with Crippen LogP contribution in [-0.2, 0) is 9.31 Å². The third-order valence-electron chi connectivity index (χ3n) is 5.58. The van der Waals surface area contributed by atoms with Crippen LogP contribution in [0.5, 0.6) is 0 Å². The first-order chi connectivity index (χ1) is 13.1. The number of pyridine rings is 1. The number of nitrogens with zero attached hydrogens (tertiary/aromatic N) is 1. The number of carbonyl (C=O) groups is 2. The number of benzene rings is 1. The molecule has 1 N–H and O–H groups in total. The molecule has 0 saturated carbocycles. The SMILES string of the molecule is Cc1cc(C=O)cnc1C(=O)Nc1cccc(B2OC(C)(C)C(C)(C)O2)c1C. The van der Waals surface area contributed by atoms with Gasteiger partial charge in [0.25, 0.3) is 5.91 Å². The summed E-state index contributed by atoms with van der Waals surface area (Å²) in [6.45, 7) is 11.7. The minimum absolute atomic E-state index is 0.283. The van der Waals surface area contributed by atoms with Crippen molar-refractivity contribution in [2.45, 2.75) is 52.7 Å². The number of aldehydes is 1. The zero-order valence-corrected chi connectivity index (χ0v) is 17.1. The molecule has 1 aromatic carbocycles. The molecule has 2 aromatic rings. The van der Waals surface area contributed by atoms with Crippen molar-refractivity contribution in [2.24, 2.45) is 0 Å². The van der Waals surface area contributed by atoms with Gasteiger partial charge >= 0.3 is 7.12 Å². The average Bonchev–Trinajstić information content (AvgIpc) is 2.83. The number of amides is 1. The van der Waals surface area contributed by atoms with Crippen LogP contribution in [0, 0.1) is 13.8 Å². The Morgan fingerprint density at radius 2 is 1.79 bits per heavy atom. The van der Waals surface area contributed by atoms with Gasteiger partial charge in [0.05, 0.1) is 11.2 Å². The lowest BCUT2D eigenvalue weighted by molar-refractivity contribution is 0.00578. The van der Waals surface area contributed by atoms with Crippen LogP contribution in [0.4, 0.5) is 5.69 Å². The quantitative estimate of drug-likeness (QED) is 0.652. The number of aryl methyl sites for hydroxylation is 1. The van der Waals surface area contributed by atoms with Gasteiger partial charge in [0.15, 0.2) is 6.29 Å². The van der Waals surface area contributed by atoms with Crippen LogP contribution in [0.25, 0.3) is 0 Å². The van der Waals surface area contributed by atoms with Gasteiger partial charge in [0.2, 0.25) is 0 Å². The Hall–Kier alpha value is -2.51. The lowest BCUT2D eigenvalue weighted by Crippen LogP contribution is -2.41. The van der Waals surface area contributed by atoms with Crippen LogP contribution in [0.3, 0.4) is 0 Å². The third-order valence-corrected chi connectivity index (χ3v) is 5.58. The van der Waals surface area contributed by atoms with Crippen molar-refractivity contribution in [1.82, 2.24) is 4.98 Å². The molecule has 3 rings (SSSR count). The molecule has 1 aromatic heterocycles. The minimum atomic E-state index is -0.506. The number of hydrogen-bond donors (Lipinski definition) is 1. The fraction of sp³-hybridized carbons (Fsp3) is 0.381. The zero-order chi connectivity index (χ0) is 20.7. The van der Waals surface area contributed by atoms with Gasteiger partial charge < -0.3 is 14.6 Å². The molecule has 0 bridgehead atoms. The molecule has 1 amide bonds. The van der Waals surface area contributed by atoms with Crippen molar-refractivity contribution in [2.75, 3.05) is 5.32 Å². The minimum Gasteiger partial charge on any atom is -0.399 e. The maximum Gasteiger partial charge on any atom is 0.495 e. The Balaban J connectivity index is 1.86. The van der Waals surface area contributed by atoms with Gasteiger partial charge in [0, 0.05) is 17.4 Å². The lowest BCUT2D eigenvalue weighted by atomic mass is 9.76. The highest BCUT2D eigenvalue weighted by Gasteiger charge is 2.52. The highest BCUT2D eigenvalue weighted by atomic mass is 16.7. The molecule has 6 nitrogen and oxygen atoms in total. The van der Waals surface area contributed by atoms with Crippen molar-refractivity contribution in [3.8, 4) is 0 Å². The Labute approximate surface area is 165 Å². The Bertz CT molecular complexity index is 924. The number of carbonyl (C=O) groups excluding carboxylic acids is 2. The topological polar surface area (TPSA) is 77.5 Å². The fourth-order valence-corrected chi connectivity index (χ4v) is 3.09. The predicted octanol–water partition coefficient (Wildman–Crippen LogP) is 3.06. The van der Waals surface area contributed by atoms with E-state index in [4.69, 9.17) is 9.31 Å². The van der Waals surface area contributed by atoms with Gasteiger partial charge in [0.1, 0.15) is 5.69 Å². The molecular formula is C21H25BN2O4. The molecule has 0 aliphatic carbocycles. The van der Waals surface area contributed by atoms with Crippen molar-refractivity contribution in [1.29, 1.82) is 0 Å². The number of rotatable bonds is 4. The van der Waals surface area contributed by atoms with Gasteiger partial charge in [-0.1, -0.05) is 12.1 Å². The van der Waals surface area contributed by atoms with E-state index >= 15 is 0 Å². The monoisotopic (exact) mass is 380 g/mol. The standard InChI is InChI=1S/C21H25BN2O4/c1-13-10-15(12-25)11-23-18(13)19(26)24-17-9-7-8-16(14(17)2)22-27-20(3,4)21(5,6)28-22/h7-12H,1-6H3,(H,24,26). The van der Waals surface area contributed by atoms with Gasteiger partial charge in [-0.05, 0) is 70.3 Å². The van der Waals surface area contributed by atoms with E-state index in [0.717, 1.165) is 11.0 Å². The van der Waals surface area contributed by atoms with Gasteiger partial charge in [-0.15, -0.1) is 0 Å². The molecule has 1 aliphatic heterocycles.